The summed E-state index contributed by atoms with van der Waals surface area (Å²) < 4.78 is 7.69. The number of anilines is 1. The maximum Gasteiger partial charge on any atom is 0.118 e. The summed E-state index contributed by atoms with van der Waals surface area (Å²) in [7, 11) is 0. The summed E-state index contributed by atoms with van der Waals surface area (Å²) >= 11 is 0. The molecule has 1 unspecified atom stereocenters. The van der Waals surface area contributed by atoms with Crippen LogP contribution in [0.5, 0.6) is 0 Å². The number of hydrogen-bond acceptors (Lipinski definition) is 4. The van der Waals surface area contributed by atoms with Gasteiger partial charge in [-0.1, -0.05) is 0 Å². The molecule has 2 fully saturated rings. The average molecular weight is 272 g/mol. The zero-order chi connectivity index (χ0) is 13.4. The minimum absolute atomic E-state index is 0.447. The van der Waals surface area contributed by atoms with Crippen molar-refractivity contribution >= 4 is 11.2 Å². The Morgan fingerprint density at radius 3 is 3.00 bits per heavy atom. The lowest BCUT2D eigenvalue weighted by Crippen LogP contribution is -2.43. The average Bonchev–Trinajstić information content (AvgIpc) is 3.16. The first-order valence-electron chi connectivity index (χ1n) is 7.42. The van der Waals surface area contributed by atoms with Crippen molar-refractivity contribution in [1.29, 1.82) is 0 Å². The molecule has 2 aliphatic heterocycles. The normalized spacial score (nSPS) is 23.6. The number of nitrogens with one attached hydrogen (secondary N) is 1. The monoisotopic (exact) mass is 272 g/mol. The molecule has 1 atom stereocenters. The summed E-state index contributed by atoms with van der Waals surface area (Å²) in [6.45, 7) is 5.95. The molecule has 20 heavy (non-hydrogen) atoms. The van der Waals surface area contributed by atoms with E-state index in [1.807, 2.05) is 6.20 Å². The molecular formula is C15H20N4O. The molecule has 0 bridgehead atoms. The van der Waals surface area contributed by atoms with E-state index in [-0.39, 0.29) is 0 Å². The van der Waals surface area contributed by atoms with E-state index in [4.69, 9.17) is 4.74 Å². The van der Waals surface area contributed by atoms with Gasteiger partial charge < -0.3 is 19.4 Å². The van der Waals surface area contributed by atoms with Gasteiger partial charge in [0.1, 0.15) is 5.82 Å². The predicted molar refractivity (Wildman–Crippen MR) is 78.5 cm³/mol. The molecule has 0 spiro atoms. The van der Waals surface area contributed by atoms with Crippen molar-refractivity contribution < 1.29 is 4.74 Å². The van der Waals surface area contributed by atoms with Crippen molar-refractivity contribution in [2.45, 2.75) is 12.3 Å². The van der Waals surface area contributed by atoms with Gasteiger partial charge in [-0.15, -0.1) is 0 Å². The molecule has 2 aromatic rings. The molecule has 0 amide bonds. The molecule has 106 valence electrons. The highest BCUT2D eigenvalue weighted by molar-refractivity contribution is 5.60. The SMILES string of the molecule is c1cn2c(C3CCOC3)ncc2cc1N1CCNCC1. The quantitative estimate of drug-likeness (QED) is 0.893. The number of pyridine rings is 1. The molecule has 2 aliphatic rings. The summed E-state index contributed by atoms with van der Waals surface area (Å²) in [5.41, 5.74) is 2.48. The summed E-state index contributed by atoms with van der Waals surface area (Å²) in [4.78, 5) is 7.05. The van der Waals surface area contributed by atoms with Crippen LogP contribution in [0.4, 0.5) is 5.69 Å². The van der Waals surface area contributed by atoms with Crippen LogP contribution in [0.2, 0.25) is 0 Å². The first-order valence-corrected chi connectivity index (χ1v) is 7.42. The van der Waals surface area contributed by atoms with Crippen LogP contribution in [0, 0.1) is 0 Å². The molecular weight excluding hydrogens is 252 g/mol. The minimum atomic E-state index is 0.447. The summed E-state index contributed by atoms with van der Waals surface area (Å²) in [5, 5.41) is 3.39. The van der Waals surface area contributed by atoms with Gasteiger partial charge >= 0.3 is 0 Å². The number of imidazole rings is 1. The number of fused-ring (bicyclic) bond motifs is 1. The van der Waals surface area contributed by atoms with E-state index in [1.54, 1.807) is 0 Å². The van der Waals surface area contributed by atoms with E-state index < -0.39 is 0 Å². The third-order valence-electron chi connectivity index (χ3n) is 4.32. The zero-order valence-electron chi connectivity index (χ0n) is 11.6. The lowest BCUT2D eigenvalue weighted by molar-refractivity contribution is 0.193. The van der Waals surface area contributed by atoms with Crippen LogP contribution in [-0.4, -0.2) is 48.8 Å². The van der Waals surface area contributed by atoms with Crippen LogP contribution in [0.3, 0.4) is 0 Å². The first-order chi connectivity index (χ1) is 9.92. The molecule has 0 radical (unpaired) electrons. The number of nitrogens with zero attached hydrogens (tertiary/aromatic N) is 3. The van der Waals surface area contributed by atoms with Gasteiger partial charge in [0.05, 0.1) is 18.3 Å². The Morgan fingerprint density at radius 2 is 2.20 bits per heavy atom. The Bertz CT molecular complexity index is 597. The van der Waals surface area contributed by atoms with Crippen LogP contribution < -0.4 is 10.2 Å². The number of piperazine rings is 1. The first kappa shape index (κ1) is 12.2. The van der Waals surface area contributed by atoms with Gasteiger partial charge in [-0.2, -0.15) is 0 Å². The van der Waals surface area contributed by atoms with E-state index in [1.165, 1.54) is 11.2 Å². The van der Waals surface area contributed by atoms with E-state index >= 15 is 0 Å². The Morgan fingerprint density at radius 1 is 1.30 bits per heavy atom. The summed E-state index contributed by atoms with van der Waals surface area (Å²) in [5.74, 6) is 1.59. The van der Waals surface area contributed by atoms with Gasteiger partial charge in [0.2, 0.25) is 0 Å². The van der Waals surface area contributed by atoms with Crippen LogP contribution in [0.25, 0.3) is 5.52 Å². The van der Waals surface area contributed by atoms with E-state index in [0.29, 0.717) is 5.92 Å². The Kier molecular flexibility index (Phi) is 3.09. The molecule has 4 heterocycles. The van der Waals surface area contributed by atoms with Crippen LogP contribution in [0.1, 0.15) is 18.2 Å². The molecule has 0 aliphatic carbocycles. The lowest BCUT2D eigenvalue weighted by atomic mass is 10.1. The number of ether oxygens (including phenoxy) is 1. The zero-order valence-corrected chi connectivity index (χ0v) is 11.6. The topological polar surface area (TPSA) is 41.8 Å². The van der Waals surface area contributed by atoms with Crippen LogP contribution in [0.15, 0.2) is 24.5 Å². The highest BCUT2D eigenvalue weighted by atomic mass is 16.5. The minimum Gasteiger partial charge on any atom is -0.381 e. The largest absolute Gasteiger partial charge is 0.381 e. The molecule has 2 saturated heterocycles. The van der Waals surface area contributed by atoms with Gasteiger partial charge in [-0.05, 0) is 18.6 Å². The third-order valence-corrected chi connectivity index (χ3v) is 4.32. The highest BCUT2D eigenvalue weighted by Crippen LogP contribution is 2.26. The second-order valence-corrected chi connectivity index (χ2v) is 5.59. The fraction of sp³-hybridized carbons (Fsp3) is 0.533. The number of rotatable bonds is 2. The van der Waals surface area contributed by atoms with E-state index in [2.05, 4.69) is 37.9 Å². The smallest absolute Gasteiger partial charge is 0.118 e. The molecule has 0 saturated carbocycles. The van der Waals surface area contributed by atoms with E-state index in [9.17, 15) is 0 Å². The van der Waals surface area contributed by atoms with Gasteiger partial charge in [0.25, 0.3) is 0 Å². The number of aromatic nitrogens is 2. The Balaban J connectivity index is 1.66. The van der Waals surface area contributed by atoms with Crippen molar-refractivity contribution in [2.24, 2.45) is 0 Å². The van der Waals surface area contributed by atoms with Crippen molar-refractivity contribution in [1.82, 2.24) is 14.7 Å². The fourth-order valence-electron chi connectivity index (χ4n) is 3.17. The molecule has 1 N–H and O–H groups in total. The highest BCUT2D eigenvalue weighted by Gasteiger charge is 2.22. The van der Waals surface area contributed by atoms with E-state index in [0.717, 1.165) is 51.6 Å². The molecule has 5 heteroatoms. The van der Waals surface area contributed by atoms with Crippen LogP contribution in [-0.2, 0) is 4.74 Å². The molecule has 4 rings (SSSR count). The van der Waals surface area contributed by atoms with Gasteiger partial charge in [-0.25, -0.2) is 4.98 Å². The van der Waals surface area contributed by atoms with Crippen molar-refractivity contribution in [2.75, 3.05) is 44.3 Å². The predicted octanol–water partition coefficient (Wildman–Crippen LogP) is 1.25. The van der Waals surface area contributed by atoms with Gasteiger partial charge in [0.15, 0.2) is 0 Å². The molecule has 0 aromatic carbocycles. The number of hydrogen-bond donors (Lipinski definition) is 1. The van der Waals surface area contributed by atoms with Gasteiger partial charge in [0, 0.05) is 50.6 Å². The van der Waals surface area contributed by atoms with Crippen LogP contribution >= 0.6 is 0 Å². The molecule has 5 nitrogen and oxygen atoms in total. The third kappa shape index (κ3) is 2.07. The fourth-order valence-corrected chi connectivity index (χ4v) is 3.17. The maximum atomic E-state index is 5.48. The Hall–Kier alpha value is -1.59. The molecule has 2 aromatic heterocycles. The Labute approximate surface area is 118 Å². The summed E-state index contributed by atoms with van der Waals surface area (Å²) in [6.07, 6.45) is 5.23. The van der Waals surface area contributed by atoms with Crippen molar-refractivity contribution in [3.05, 3.63) is 30.4 Å². The second-order valence-electron chi connectivity index (χ2n) is 5.59. The van der Waals surface area contributed by atoms with Crippen molar-refractivity contribution in [3.63, 3.8) is 0 Å². The maximum absolute atomic E-state index is 5.48. The van der Waals surface area contributed by atoms with Gasteiger partial charge in [-0.3, -0.25) is 0 Å². The van der Waals surface area contributed by atoms with Crippen molar-refractivity contribution in [3.8, 4) is 0 Å². The standard InChI is InChI=1S/C15H20N4O/c1-5-19-14(9-13(1)18-6-3-16-4-7-18)10-17-15(19)12-2-8-20-11-12/h1,5,9-10,12,16H,2-4,6-8,11H2. The summed E-state index contributed by atoms with van der Waals surface area (Å²) in [6, 6.07) is 4.46. The second kappa shape index (κ2) is 5.07. The lowest BCUT2D eigenvalue weighted by Gasteiger charge is -2.29.